The number of halogens is 2. The predicted molar refractivity (Wildman–Crippen MR) is 106 cm³/mol. The van der Waals surface area contributed by atoms with Crippen molar-refractivity contribution in [2.24, 2.45) is 0 Å². The number of carbonyl (C=O) groups is 1. The number of aromatic nitrogens is 3. The maximum Gasteiger partial charge on any atom is 0.244 e. The molecular weight excluding hydrogens is 385 g/mol. The Labute approximate surface area is 167 Å². The Morgan fingerprint density at radius 1 is 1.04 bits per heavy atom. The van der Waals surface area contributed by atoms with Gasteiger partial charge in [0.25, 0.3) is 0 Å². The number of amides is 1. The van der Waals surface area contributed by atoms with Crippen LogP contribution in [0.5, 0.6) is 0 Å². The molecule has 0 aliphatic carbocycles. The third kappa shape index (κ3) is 4.08. The summed E-state index contributed by atoms with van der Waals surface area (Å²) < 4.78 is 1.66. The summed E-state index contributed by atoms with van der Waals surface area (Å²) in [6, 6.07) is 13.2. The van der Waals surface area contributed by atoms with Crippen molar-refractivity contribution in [1.82, 2.24) is 24.8 Å². The normalized spacial score (nSPS) is 15.4. The summed E-state index contributed by atoms with van der Waals surface area (Å²) in [6.45, 7) is 3.97. The summed E-state index contributed by atoms with van der Waals surface area (Å²) in [5, 5.41) is 9.52. The van der Waals surface area contributed by atoms with E-state index in [2.05, 4.69) is 15.2 Å². The molecule has 1 aliphatic heterocycles. The Kier molecular flexibility index (Phi) is 5.29. The molecule has 3 aromatic rings. The summed E-state index contributed by atoms with van der Waals surface area (Å²) in [6.07, 6.45) is 0. The Morgan fingerprint density at radius 2 is 1.81 bits per heavy atom. The minimum atomic E-state index is 0.0647. The van der Waals surface area contributed by atoms with Crippen LogP contribution in [-0.4, -0.2) is 56.9 Å². The quantitative estimate of drug-likeness (QED) is 0.671. The van der Waals surface area contributed by atoms with Gasteiger partial charge in [-0.2, -0.15) is 0 Å². The highest BCUT2D eigenvalue weighted by Crippen LogP contribution is 2.22. The molecule has 140 valence electrons. The molecule has 2 heterocycles. The molecule has 8 heteroatoms. The summed E-state index contributed by atoms with van der Waals surface area (Å²) in [4.78, 5) is 16.8. The molecule has 0 N–H and O–H groups in total. The topological polar surface area (TPSA) is 54.3 Å². The number of para-hydroxylation sites is 1. The van der Waals surface area contributed by atoms with Crippen LogP contribution in [-0.2, 0) is 17.9 Å². The van der Waals surface area contributed by atoms with E-state index in [-0.39, 0.29) is 12.5 Å². The first kappa shape index (κ1) is 18.2. The number of nitrogens with zero attached hydrogens (tertiary/aromatic N) is 5. The van der Waals surface area contributed by atoms with Crippen molar-refractivity contribution in [3.8, 4) is 0 Å². The first-order valence-electron chi connectivity index (χ1n) is 8.82. The van der Waals surface area contributed by atoms with Crippen molar-refractivity contribution in [2.75, 3.05) is 26.2 Å². The van der Waals surface area contributed by atoms with Gasteiger partial charge >= 0.3 is 0 Å². The smallest absolute Gasteiger partial charge is 0.244 e. The van der Waals surface area contributed by atoms with Gasteiger partial charge in [0.2, 0.25) is 5.91 Å². The molecule has 0 spiro atoms. The van der Waals surface area contributed by atoms with E-state index < -0.39 is 0 Å². The maximum atomic E-state index is 12.6. The minimum Gasteiger partial charge on any atom is -0.339 e. The molecule has 1 aromatic heterocycles. The van der Waals surface area contributed by atoms with Gasteiger partial charge in [0.1, 0.15) is 12.1 Å². The number of carbonyl (C=O) groups excluding carboxylic acids is 1. The van der Waals surface area contributed by atoms with E-state index in [4.69, 9.17) is 23.2 Å². The zero-order valence-corrected chi connectivity index (χ0v) is 16.2. The number of piperazine rings is 1. The van der Waals surface area contributed by atoms with Crippen LogP contribution in [0.3, 0.4) is 0 Å². The number of rotatable bonds is 4. The Bertz CT molecular complexity index is 966. The fourth-order valence-electron chi connectivity index (χ4n) is 3.31. The van der Waals surface area contributed by atoms with E-state index in [1.807, 2.05) is 41.3 Å². The van der Waals surface area contributed by atoms with E-state index in [1.54, 1.807) is 10.7 Å². The van der Waals surface area contributed by atoms with Crippen molar-refractivity contribution < 1.29 is 4.79 Å². The van der Waals surface area contributed by atoms with Gasteiger partial charge in [-0.3, -0.25) is 9.69 Å². The van der Waals surface area contributed by atoms with Crippen molar-refractivity contribution in [3.05, 3.63) is 58.1 Å². The molecule has 0 saturated carbocycles. The molecule has 27 heavy (non-hydrogen) atoms. The zero-order chi connectivity index (χ0) is 18.8. The highest BCUT2D eigenvalue weighted by molar-refractivity contribution is 6.35. The monoisotopic (exact) mass is 403 g/mol. The van der Waals surface area contributed by atoms with Gasteiger partial charge in [0.15, 0.2) is 0 Å². The number of hydrogen-bond acceptors (Lipinski definition) is 4. The second-order valence-corrected chi connectivity index (χ2v) is 7.47. The Morgan fingerprint density at radius 3 is 2.59 bits per heavy atom. The molecule has 1 aliphatic rings. The number of benzene rings is 2. The first-order chi connectivity index (χ1) is 13.1. The van der Waals surface area contributed by atoms with Crippen LogP contribution in [0.1, 0.15) is 5.56 Å². The summed E-state index contributed by atoms with van der Waals surface area (Å²) >= 11 is 12.2. The van der Waals surface area contributed by atoms with Crippen LogP contribution in [0.15, 0.2) is 42.5 Å². The van der Waals surface area contributed by atoms with Crippen molar-refractivity contribution in [2.45, 2.75) is 13.1 Å². The Hall–Kier alpha value is -2.15. The maximum absolute atomic E-state index is 12.6. The van der Waals surface area contributed by atoms with Crippen molar-refractivity contribution in [1.29, 1.82) is 0 Å². The highest BCUT2D eigenvalue weighted by atomic mass is 35.5. The molecule has 1 fully saturated rings. The fourth-order valence-corrected chi connectivity index (χ4v) is 3.78. The van der Waals surface area contributed by atoms with Gasteiger partial charge in [-0.25, -0.2) is 4.68 Å². The van der Waals surface area contributed by atoms with Gasteiger partial charge < -0.3 is 4.90 Å². The van der Waals surface area contributed by atoms with Crippen LogP contribution < -0.4 is 0 Å². The second kappa shape index (κ2) is 7.84. The van der Waals surface area contributed by atoms with E-state index >= 15 is 0 Å². The van der Waals surface area contributed by atoms with Crippen LogP contribution in [0.4, 0.5) is 0 Å². The van der Waals surface area contributed by atoms with Crippen LogP contribution >= 0.6 is 23.2 Å². The average Bonchev–Trinajstić information content (AvgIpc) is 3.08. The van der Waals surface area contributed by atoms with Crippen molar-refractivity contribution >= 4 is 40.1 Å². The largest absolute Gasteiger partial charge is 0.339 e. The lowest BCUT2D eigenvalue weighted by Crippen LogP contribution is -2.49. The van der Waals surface area contributed by atoms with Gasteiger partial charge in [-0.15, -0.1) is 5.10 Å². The first-order valence-corrected chi connectivity index (χ1v) is 9.58. The summed E-state index contributed by atoms with van der Waals surface area (Å²) in [7, 11) is 0. The van der Waals surface area contributed by atoms with E-state index in [0.717, 1.165) is 36.2 Å². The van der Waals surface area contributed by atoms with Gasteiger partial charge in [0.05, 0.1) is 5.52 Å². The predicted octanol–water partition coefficient (Wildman–Crippen LogP) is 3.08. The zero-order valence-electron chi connectivity index (χ0n) is 14.7. The van der Waals surface area contributed by atoms with Gasteiger partial charge in [-0.05, 0) is 29.8 Å². The van der Waals surface area contributed by atoms with Crippen LogP contribution in [0.25, 0.3) is 11.0 Å². The molecule has 0 unspecified atom stereocenters. The van der Waals surface area contributed by atoms with Gasteiger partial charge in [-0.1, -0.05) is 46.6 Å². The van der Waals surface area contributed by atoms with E-state index in [1.165, 1.54) is 0 Å². The molecule has 0 bridgehead atoms. The fraction of sp³-hybridized carbons (Fsp3) is 0.316. The lowest BCUT2D eigenvalue weighted by Gasteiger charge is -2.34. The molecule has 6 nitrogen and oxygen atoms in total. The van der Waals surface area contributed by atoms with Crippen LogP contribution in [0, 0.1) is 0 Å². The average molecular weight is 404 g/mol. The third-order valence-electron chi connectivity index (χ3n) is 4.84. The molecule has 1 amide bonds. The second-order valence-electron chi connectivity index (χ2n) is 6.63. The molecule has 2 aromatic carbocycles. The number of fused-ring (bicyclic) bond motifs is 1. The van der Waals surface area contributed by atoms with Crippen molar-refractivity contribution in [3.63, 3.8) is 0 Å². The number of hydrogen-bond donors (Lipinski definition) is 0. The van der Waals surface area contributed by atoms with E-state index in [0.29, 0.717) is 23.1 Å². The SMILES string of the molecule is O=C(Cn1nnc2ccccc21)N1CCN(Cc2ccc(Cl)cc2Cl)CC1. The molecule has 0 atom stereocenters. The summed E-state index contributed by atoms with van der Waals surface area (Å²) in [5.41, 5.74) is 2.73. The lowest BCUT2D eigenvalue weighted by molar-refractivity contribution is -0.133. The standard InChI is InChI=1S/C19H19Cl2N5O/c20-15-6-5-14(16(21)11-15)12-24-7-9-25(10-8-24)19(27)13-26-18-4-2-1-3-17(18)22-23-26/h1-6,11H,7-10,12-13H2. The molecule has 1 saturated heterocycles. The minimum absolute atomic E-state index is 0.0647. The van der Waals surface area contributed by atoms with E-state index in [9.17, 15) is 4.79 Å². The lowest BCUT2D eigenvalue weighted by atomic mass is 10.2. The summed E-state index contributed by atoms with van der Waals surface area (Å²) in [5.74, 6) is 0.0647. The molecular formula is C19H19Cl2N5O. The van der Waals surface area contributed by atoms with Gasteiger partial charge in [0, 0.05) is 42.8 Å². The third-order valence-corrected chi connectivity index (χ3v) is 5.43. The van der Waals surface area contributed by atoms with Crippen LogP contribution in [0.2, 0.25) is 10.0 Å². The molecule has 0 radical (unpaired) electrons. The Balaban J connectivity index is 1.34. The highest BCUT2D eigenvalue weighted by Gasteiger charge is 2.22. The molecule has 4 rings (SSSR count).